The zero-order valence-corrected chi connectivity index (χ0v) is 10.5. The molecule has 0 saturated carbocycles. The summed E-state index contributed by atoms with van der Waals surface area (Å²) in [6.45, 7) is 3.05. The Morgan fingerprint density at radius 1 is 1.57 bits per heavy atom. The highest BCUT2D eigenvalue weighted by atomic mass is 32.2. The fourth-order valence-corrected chi connectivity index (χ4v) is 3.53. The molecule has 0 radical (unpaired) electrons. The summed E-state index contributed by atoms with van der Waals surface area (Å²) in [7, 11) is -2.76. The first-order chi connectivity index (χ1) is 6.53. The van der Waals surface area contributed by atoms with Crippen molar-refractivity contribution in [1.29, 1.82) is 0 Å². The molecule has 3 nitrogen and oxygen atoms in total. The minimum absolute atomic E-state index is 0.184. The van der Waals surface area contributed by atoms with Gasteiger partial charge in [0.2, 0.25) is 0 Å². The molecule has 84 valence electrons. The van der Waals surface area contributed by atoms with Crippen LogP contribution in [-0.2, 0) is 9.84 Å². The van der Waals surface area contributed by atoms with Crippen LogP contribution >= 0.6 is 11.8 Å². The second kappa shape index (κ2) is 5.37. The molecule has 0 aromatic heterocycles. The first-order valence-corrected chi connectivity index (χ1v) is 8.11. The quantitative estimate of drug-likeness (QED) is 0.789. The van der Waals surface area contributed by atoms with E-state index in [1.807, 2.05) is 0 Å². The minimum Gasteiger partial charge on any atom is -0.312 e. The maximum atomic E-state index is 11.3. The molecule has 1 saturated heterocycles. The van der Waals surface area contributed by atoms with Gasteiger partial charge in [-0.2, -0.15) is 11.8 Å². The van der Waals surface area contributed by atoms with Crippen molar-refractivity contribution >= 4 is 21.6 Å². The van der Waals surface area contributed by atoms with Gasteiger partial charge in [0.05, 0.1) is 11.5 Å². The molecule has 2 unspecified atom stereocenters. The normalized spacial score (nSPS) is 28.6. The molecule has 5 heteroatoms. The van der Waals surface area contributed by atoms with Crippen LogP contribution in [0.3, 0.4) is 0 Å². The molecule has 1 heterocycles. The minimum atomic E-state index is -2.76. The van der Waals surface area contributed by atoms with E-state index in [1.54, 1.807) is 11.8 Å². The van der Waals surface area contributed by atoms with Crippen molar-refractivity contribution in [2.45, 2.75) is 31.1 Å². The van der Waals surface area contributed by atoms with E-state index in [1.165, 1.54) is 0 Å². The molecule has 1 aliphatic rings. The highest BCUT2D eigenvalue weighted by Crippen LogP contribution is 2.12. The van der Waals surface area contributed by atoms with Crippen LogP contribution < -0.4 is 5.32 Å². The maximum absolute atomic E-state index is 11.3. The molecule has 0 spiro atoms. The van der Waals surface area contributed by atoms with E-state index in [-0.39, 0.29) is 6.04 Å². The Morgan fingerprint density at radius 3 is 2.86 bits per heavy atom. The molecule has 0 aromatic rings. The van der Waals surface area contributed by atoms with Gasteiger partial charge in [-0.25, -0.2) is 8.42 Å². The van der Waals surface area contributed by atoms with Crippen molar-refractivity contribution in [2.75, 3.05) is 24.3 Å². The van der Waals surface area contributed by atoms with Crippen molar-refractivity contribution in [3.05, 3.63) is 0 Å². The number of sulfone groups is 1. The summed E-state index contributed by atoms with van der Waals surface area (Å²) in [5, 5.41) is 3.88. The first-order valence-electron chi connectivity index (χ1n) is 5.00. The molecular formula is C9H19NO2S2. The number of nitrogens with one attached hydrogen (secondary N) is 1. The lowest BCUT2D eigenvalue weighted by Crippen LogP contribution is -2.42. The van der Waals surface area contributed by atoms with Crippen LogP contribution in [0.1, 0.15) is 19.8 Å². The first kappa shape index (κ1) is 12.3. The van der Waals surface area contributed by atoms with Gasteiger partial charge in [0, 0.05) is 17.8 Å². The van der Waals surface area contributed by atoms with E-state index >= 15 is 0 Å². The predicted molar refractivity (Wildman–Crippen MR) is 62.7 cm³/mol. The standard InChI is InChI=1S/C9H19NO2S2/c1-8(13-2)6-10-9-4-3-5-14(11,12)7-9/h8-10H,3-7H2,1-2H3. The fourth-order valence-electron chi connectivity index (χ4n) is 1.60. The van der Waals surface area contributed by atoms with E-state index in [4.69, 9.17) is 0 Å². The molecule has 0 bridgehead atoms. The number of hydrogen-bond donors (Lipinski definition) is 1. The smallest absolute Gasteiger partial charge is 0.151 e. The lowest BCUT2D eigenvalue weighted by Gasteiger charge is -2.24. The third kappa shape index (κ3) is 4.19. The zero-order valence-electron chi connectivity index (χ0n) is 8.82. The summed E-state index contributed by atoms with van der Waals surface area (Å²) in [6.07, 6.45) is 3.89. The van der Waals surface area contributed by atoms with Crippen molar-refractivity contribution in [3.8, 4) is 0 Å². The Bertz CT molecular complexity index is 264. The van der Waals surface area contributed by atoms with E-state index in [9.17, 15) is 8.42 Å². The molecule has 2 atom stereocenters. The Kier molecular flexibility index (Phi) is 4.73. The van der Waals surface area contributed by atoms with Gasteiger partial charge < -0.3 is 5.32 Å². The summed E-state index contributed by atoms with van der Waals surface area (Å²) >= 11 is 1.80. The van der Waals surface area contributed by atoms with Crippen LogP contribution in [0.4, 0.5) is 0 Å². The SMILES string of the molecule is CSC(C)CNC1CCCS(=O)(=O)C1. The molecular weight excluding hydrogens is 218 g/mol. The predicted octanol–water partition coefficient (Wildman–Crippen LogP) is 0.905. The average molecular weight is 237 g/mol. The van der Waals surface area contributed by atoms with Crippen molar-refractivity contribution in [1.82, 2.24) is 5.32 Å². The van der Waals surface area contributed by atoms with Gasteiger partial charge in [-0.15, -0.1) is 0 Å². The Morgan fingerprint density at radius 2 is 2.29 bits per heavy atom. The third-order valence-corrected chi connectivity index (χ3v) is 5.35. The van der Waals surface area contributed by atoms with Gasteiger partial charge in [-0.05, 0) is 19.1 Å². The highest BCUT2D eigenvalue weighted by Gasteiger charge is 2.24. The number of rotatable bonds is 4. The van der Waals surface area contributed by atoms with Gasteiger partial charge in [-0.1, -0.05) is 6.92 Å². The van der Waals surface area contributed by atoms with Crippen LogP contribution in [0.5, 0.6) is 0 Å². The third-order valence-electron chi connectivity index (χ3n) is 2.56. The molecule has 0 aliphatic carbocycles. The maximum Gasteiger partial charge on any atom is 0.151 e. The molecule has 1 rings (SSSR count). The van der Waals surface area contributed by atoms with Gasteiger partial charge >= 0.3 is 0 Å². The van der Waals surface area contributed by atoms with Gasteiger partial charge in [0.25, 0.3) is 0 Å². The van der Waals surface area contributed by atoms with Crippen LogP contribution in [0.25, 0.3) is 0 Å². The number of hydrogen-bond acceptors (Lipinski definition) is 4. The van der Waals surface area contributed by atoms with Gasteiger partial charge in [-0.3, -0.25) is 0 Å². The lowest BCUT2D eigenvalue weighted by atomic mass is 10.2. The van der Waals surface area contributed by atoms with Crippen molar-refractivity contribution in [2.24, 2.45) is 0 Å². The summed E-state index contributed by atoms with van der Waals surface area (Å²) < 4.78 is 22.7. The van der Waals surface area contributed by atoms with E-state index in [0.29, 0.717) is 16.8 Å². The molecule has 0 aromatic carbocycles. The Labute approximate surface area is 91.0 Å². The van der Waals surface area contributed by atoms with Crippen molar-refractivity contribution in [3.63, 3.8) is 0 Å². The molecule has 1 N–H and O–H groups in total. The molecule has 14 heavy (non-hydrogen) atoms. The fraction of sp³-hybridized carbons (Fsp3) is 1.00. The van der Waals surface area contributed by atoms with Crippen LogP contribution in [-0.4, -0.2) is 44.0 Å². The van der Waals surface area contributed by atoms with Gasteiger partial charge in [0.1, 0.15) is 0 Å². The molecule has 1 aliphatic heterocycles. The molecule has 0 amide bonds. The summed E-state index contributed by atoms with van der Waals surface area (Å²) in [5.74, 6) is 0.706. The topological polar surface area (TPSA) is 46.2 Å². The average Bonchev–Trinajstić information content (AvgIpc) is 2.12. The van der Waals surface area contributed by atoms with E-state index in [0.717, 1.165) is 19.4 Å². The largest absolute Gasteiger partial charge is 0.312 e. The van der Waals surface area contributed by atoms with E-state index < -0.39 is 9.84 Å². The van der Waals surface area contributed by atoms with Crippen molar-refractivity contribution < 1.29 is 8.42 Å². The monoisotopic (exact) mass is 237 g/mol. The second-order valence-electron chi connectivity index (χ2n) is 3.91. The summed E-state index contributed by atoms with van der Waals surface area (Å²) in [5.41, 5.74) is 0. The van der Waals surface area contributed by atoms with Crippen LogP contribution in [0, 0.1) is 0 Å². The van der Waals surface area contributed by atoms with E-state index in [2.05, 4.69) is 18.5 Å². The lowest BCUT2D eigenvalue weighted by molar-refractivity contribution is 0.483. The van der Waals surface area contributed by atoms with Crippen LogP contribution in [0.15, 0.2) is 0 Å². The molecule has 1 fully saturated rings. The zero-order chi connectivity index (χ0) is 10.6. The second-order valence-corrected chi connectivity index (χ2v) is 7.41. The van der Waals surface area contributed by atoms with Crippen LogP contribution in [0.2, 0.25) is 0 Å². The summed E-state index contributed by atoms with van der Waals surface area (Å²) in [6, 6.07) is 0.184. The summed E-state index contributed by atoms with van der Waals surface area (Å²) in [4.78, 5) is 0. The number of thioether (sulfide) groups is 1. The Hall–Kier alpha value is 0.260. The van der Waals surface area contributed by atoms with Gasteiger partial charge in [0.15, 0.2) is 9.84 Å². The highest BCUT2D eigenvalue weighted by molar-refractivity contribution is 7.99. The Balaban J connectivity index is 2.31.